The Hall–Kier alpha value is -2.84. The van der Waals surface area contributed by atoms with E-state index in [-0.39, 0.29) is 5.04 Å². The number of alkyl carbamates (subject to hydrolysis) is 1. The number of carbonyl (C=O) groups excluding carboxylic acids is 1. The van der Waals surface area contributed by atoms with E-state index in [0.29, 0.717) is 17.1 Å². The number of carbonyl (C=O) groups is 2. The van der Waals surface area contributed by atoms with Crippen LogP contribution in [0.3, 0.4) is 0 Å². The highest BCUT2D eigenvalue weighted by atomic mass is 28.4. The van der Waals surface area contributed by atoms with Crippen molar-refractivity contribution in [1.29, 1.82) is 0 Å². The van der Waals surface area contributed by atoms with E-state index in [1.807, 2.05) is 43.4 Å². The van der Waals surface area contributed by atoms with Gasteiger partial charge in [-0.05, 0) is 68.7 Å². The minimum absolute atomic E-state index is 0.182. The fourth-order valence-corrected chi connectivity index (χ4v) is 4.16. The van der Waals surface area contributed by atoms with E-state index in [9.17, 15) is 14.7 Å². The van der Waals surface area contributed by atoms with Crippen LogP contribution < -0.4 is 10.1 Å². The lowest BCUT2D eigenvalue weighted by Gasteiger charge is -2.41. The number of nitrogens with one attached hydrogen (secondary N) is 1. The van der Waals surface area contributed by atoms with Crippen molar-refractivity contribution < 1.29 is 28.6 Å². The second-order valence-corrected chi connectivity index (χ2v) is 15.5. The van der Waals surface area contributed by atoms with Crippen molar-refractivity contribution in [1.82, 2.24) is 5.32 Å². The first-order valence-electron chi connectivity index (χ1n) is 11.3. The monoisotopic (exact) mass is 487 g/mol. The highest BCUT2D eigenvalue weighted by molar-refractivity contribution is 6.74. The van der Waals surface area contributed by atoms with Crippen molar-refractivity contribution in [2.24, 2.45) is 0 Å². The maximum absolute atomic E-state index is 12.5. The van der Waals surface area contributed by atoms with Gasteiger partial charge in [-0.1, -0.05) is 51.1 Å². The van der Waals surface area contributed by atoms with E-state index in [1.165, 1.54) is 0 Å². The van der Waals surface area contributed by atoms with Gasteiger partial charge < -0.3 is 24.3 Å². The van der Waals surface area contributed by atoms with Crippen LogP contribution in [0, 0.1) is 0 Å². The third-order valence-electron chi connectivity index (χ3n) is 5.63. The van der Waals surface area contributed by atoms with Crippen LogP contribution in [0.1, 0.15) is 53.2 Å². The molecule has 0 heterocycles. The van der Waals surface area contributed by atoms with Gasteiger partial charge in [-0.15, -0.1) is 0 Å². The number of carboxylic acid groups (broad SMARTS) is 1. The largest absolute Gasteiger partial charge is 0.480 e. The molecule has 1 amide bonds. The predicted molar refractivity (Wildman–Crippen MR) is 135 cm³/mol. The Bertz CT molecular complexity index is 979. The van der Waals surface area contributed by atoms with Crippen molar-refractivity contribution >= 4 is 20.4 Å². The van der Waals surface area contributed by atoms with Gasteiger partial charge in [0.2, 0.25) is 0 Å². The zero-order valence-electron chi connectivity index (χ0n) is 21.3. The predicted octanol–water partition coefficient (Wildman–Crippen LogP) is 6.52. The molecule has 0 unspecified atom stereocenters. The third-order valence-corrected chi connectivity index (χ3v) is 10.1. The van der Waals surface area contributed by atoms with Crippen molar-refractivity contribution in [2.45, 2.75) is 77.4 Å². The number of para-hydroxylation sites is 1. The Morgan fingerprint density at radius 1 is 0.912 bits per heavy atom. The van der Waals surface area contributed by atoms with Crippen molar-refractivity contribution in [3.63, 3.8) is 0 Å². The van der Waals surface area contributed by atoms with Crippen LogP contribution in [0.15, 0.2) is 54.6 Å². The highest BCUT2D eigenvalue weighted by Crippen LogP contribution is 2.41. The van der Waals surface area contributed by atoms with Crippen molar-refractivity contribution in [2.75, 3.05) is 0 Å². The summed E-state index contributed by atoms with van der Waals surface area (Å²) in [6.07, 6.45) is -1.77. The molecule has 0 aromatic heterocycles. The Morgan fingerprint density at radius 3 is 2.03 bits per heavy atom. The first-order valence-corrected chi connectivity index (χ1v) is 14.2. The quantitative estimate of drug-likeness (QED) is 0.412. The van der Waals surface area contributed by atoms with Crippen LogP contribution >= 0.6 is 0 Å². The molecule has 2 aromatic rings. The lowest BCUT2D eigenvalue weighted by atomic mass is 10.0. The molecule has 2 rings (SSSR count). The first kappa shape index (κ1) is 27.4. The summed E-state index contributed by atoms with van der Waals surface area (Å²) in [7, 11) is -2.45. The van der Waals surface area contributed by atoms with Crippen molar-refractivity contribution in [3.05, 3.63) is 60.2 Å². The molecule has 2 aromatic carbocycles. The van der Waals surface area contributed by atoms with Gasteiger partial charge in [0, 0.05) is 0 Å². The summed E-state index contributed by atoms with van der Waals surface area (Å²) < 4.78 is 17.9. The number of benzene rings is 2. The van der Waals surface area contributed by atoms with E-state index in [2.05, 4.69) is 26.1 Å². The molecule has 7 nitrogen and oxygen atoms in total. The third kappa shape index (κ3) is 7.88. The maximum Gasteiger partial charge on any atom is 0.408 e. The molecular formula is C26H37NO6Si. The Balaban J connectivity index is 2.47. The lowest BCUT2D eigenvalue weighted by molar-refractivity contribution is -0.142. The van der Waals surface area contributed by atoms with Crippen LogP contribution in [-0.2, 0) is 14.0 Å². The molecule has 0 aliphatic heterocycles. The number of aliphatic carboxylic acids is 1. The number of ether oxygens (including phenoxy) is 2. The van der Waals surface area contributed by atoms with Gasteiger partial charge in [-0.3, -0.25) is 0 Å². The smallest absolute Gasteiger partial charge is 0.408 e. The molecule has 0 bridgehead atoms. The van der Waals surface area contributed by atoms with Gasteiger partial charge in [0.15, 0.2) is 14.4 Å². The fourth-order valence-electron chi connectivity index (χ4n) is 2.90. The van der Waals surface area contributed by atoms with Crippen LogP contribution in [-0.4, -0.2) is 37.1 Å². The van der Waals surface area contributed by atoms with E-state index in [1.54, 1.807) is 45.0 Å². The number of rotatable bonds is 8. The molecule has 34 heavy (non-hydrogen) atoms. The van der Waals surface area contributed by atoms with Gasteiger partial charge >= 0.3 is 12.1 Å². The molecule has 0 radical (unpaired) electrons. The Labute approximate surface area is 203 Å². The molecular weight excluding hydrogens is 450 g/mol. The number of hydrogen-bond acceptors (Lipinski definition) is 5. The zero-order chi connectivity index (χ0) is 25.7. The molecule has 2 atom stereocenters. The maximum atomic E-state index is 12.5. The summed E-state index contributed by atoms with van der Waals surface area (Å²) in [5.74, 6) is -0.0268. The number of amides is 1. The molecule has 186 valence electrons. The number of carboxylic acids is 1. The second-order valence-electron chi connectivity index (χ2n) is 10.7. The number of hydrogen-bond donors (Lipinski definition) is 2. The Kier molecular flexibility index (Phi) is 8.55. The summed E-state index contributed by atoms with van der Waals surface area (Å²) in [6, 6.07) is 15.0. The van der Waals surface area contributed by atoms with E-state index < -0.39 is 38.1 Å². The standard InChI is InChI=1S/C26H37NO6Si/c1-25(2,3)32-24(30)27-21(23(28)29)22(33-34(7,8)26(4,5)6)18-13-12-16-20(17-18)31-19-14-10-9-11-15-19/h9-17,21-22H,1-8H3,(H,27,30)(H,28,29)/t21-,22-/m1/s1. The SMILES string of the molecule is CC(C)(C)OC(=O)N[C@@H](C(=O)O)[C@H](O[Si](C)(C)C(C)(C)C)c1cccc(Oc2ccccc2)c1. The fraction of sp³-hybridized carbons (Fsp3) is 0.462. The van der Waals surface area contributed by atoms with Crippen molar-refractivity contribution in [3.8, 4) is 11.5 Å². The normalized spacial score (nSPS) is 14.1. The summed E-state index contributed by atoms with van der Waals surface area (Å²) >= 11 is 0. The average Bonchev–Trinajstić information content (AvgIpc) is 2.69. The first-order chi connectivity index (χ1) is 15.6. The van der Waals surface area contributed by atoms with Gasteiger partial charge in [0.25, 0.3) is 0 Å². The minimum Gasteiger partial charge on any atom is -0.480 e. The molecule has 0 saturated carbocycles. The van der Waals surface area contributed by atoms with E-state index in [0.717, 1.165) is 0 Å². The Morgan fingerprint density at radius 2 is 1.50 bits per heavy atom. The summed E-state index contributed by atoms with van der Waals surface area (Å²) in [6.45, 7) is 15.4. The second kappa shape index (κ2) is 10.6. The molecule has 0 aliphatic carbocycles. The van der Waals surface area contributed by atoms with E-state index in [4.69, 9.17) is 13.9 Å². The topological polar surface area (TPSA) is 94.1 Å². The minimum atomic E-state index is -2.45. The highest BCUT2D eigenvalue weighted by Gasteiger charge is 2.43. The lowest BCUT2D eigenvalue weighted by Crippen LogP contribution is -2.51. The van der Waals surface area contributed by atoms with Gasteiger partial charge in [-0.25, -0.2) is 9.59 Å². The molecule has 0 spiro atoms. The average molecular weight is 488 g/mol. The molecule has 0 aliphatic rings. The van der Waals surface area contributed by atoms with Crippen LogP contribution in [0.25, 0.3) is 0 Å². The molecule has 0 fully saturated rings. The molecule has 2 N–H and O–H groups in total. The van der Waals surface area contributed by atoms with Gasteiger partial charge in [0.05, 0.1) is 0 Å². The van der Waals surface area contributed by atoms with Gasteiger partial charge in [0.1, 0.15) is 23.2 Å². The summed E-state index contributed by atoms with van der Waals surface area (Å²) in [5, 5.41) is 12.4. The van der Waals surface area contributed by atoms with E-state index >= 15 is 0 Å². The summed E-state index contributed by atoms with van der Waals surface area (Å²) in [4.78, 5) is 24.9. The molecule has 0 saturated heterocycles. The van der Waals surface area contributed by atoms with Crippen LogP contribution in [0.2, 0.25) is 18.1 Å². The van der Waals surface area contributed by atoms with Gasteiger partial charge in [-0.2, -0.15) is 0 Å². The van der Waals surface area contributed by atoms with Crippen LogP contribution in [0.4, 0.5) is 4.79 Å². The summed E-state index contributed by atoms with van der Waals surface area (Å²) in [5.41, 5.74) is -0.187. The molecule has 8 heteroatoms. The van der Waals surface area contributed by atoms with Crippen LogP contribution in [0.5, 0.6) is 11.5 Å². The zero-order valence-corrected chi connectivity index (χ0v) is 22.3.